The number of ether oxygens (including phenoxy) is 1. The predicted octanol–water partition coefficient (Wildman–Crippen LogP) is 1.37. The van der Waals surface area contributed by atoms with Gasteiger partial charge in [0.15, 0.2) is 0 Å². The molecule has 0 radical (unpaired) electrons. The first-order valence-corrected chi connectivity index (χ1v) is 6.06. The van der Waals surface area contributed by atoms with Crippen LogP contribution in [0.2, 0.25) is 0 Å². The van der Waals surface area contributed by atoms with Crippen LogP contribution in [0, 0.1) is 5.92 Å². The summed E-state index contributed by atoms with van der Waals surface area (Å²) >= 11 is 0. The summed E-state index contributed by atoms with van der Waals surface area (Å²) in [5.41, 5.74) is 1.11. The summed E-state index contributed by atoms with van der Waals surface area (Å²) in [4.78, 5) is 11.3. The third-order valence-electron chi connectivity index (χ3n) is 2.96. The molecule has 0 spiro atoms. The van der Waals surface area contributed by atoms with Crippen LogP contribution in [0.25, 0.3) is 0 Å². The molecule has 0 bridgehead atoms. The first-order valence-electron chi connectivity index (χ1n) is 6.06. The lowest BCUT2D eigenvalue weighted by molar-refractivity contribution is -0.123. The van der Waals surface area contributed by atoms with E-state index in [1.165, 1.54) is 6.92 Å². The second-order valence-corrected chi connectivity index (χ2v) is 4.44. The van der Waals surface area contributed by atoms with Crippen molar-refractivity contribution in [1.82, 2.24) is 5.32 Å². The predicted molar refractivity (Wildman–Crippen MR) is 70.6 cm³/mol. The number of hydrogen-bond donors (Lipinski definition) is 2. The number of carbonyl (C=O) groups excluding carboxylic acids is 1. The second kappa shape index (κ2) is 7.13. The molecule has 2 N–H and O–H groups in total. The molecular formula is C14H21NO3. The third kappa shape index (κ3) is 4.47. The Morgan fingerprint density at radius 3 is 2.44 bits per heavy atom. The molecule has 1 rings (SSSR count). The summed E-state index contributed by atoms with van der Waals surface area (Å²) in [5.74, 6) is 0.486. The van der Waals surface area contributed by atoms with Crippen molar-refractivity contribution in [3.8, 4) is 5.75 Å². The Kier molecular flexibility index (Phi) is 5.82. The number of Topliss-reactive ketones (excluding diaryl/α,β-unsaturated/α-hetero) is 1. The lowest BCUT2D eigenvalue weighted by atomic mass is 9.99. The molecule has 2 unspecified atom stereocenters. The van der Waals surface area contributed by atoms with Crippen LogP contribution in [0.3, 0.4) is 0 Å². The Hall–Kier alpha value is -1.39. The lowest BCUT2D eigenvalue weighted by Crippen LogP contribution is -2.34. The van der Waals surface area contributed by atoms with Crippen molar-refractivity contribution in [2.45, 2.75) is 26.5 Å². The average Bonchev–Trinajstić information content (AvgIpc) is 2.34. The normalized spacial score (nSPS) is 14.0. The van der Waals surface area contributed by atoms with E-state index in [-0.39, 0.29) is 11.7 Å². The van der Waals surface area contributed by atoms with Gasteiger partial charge in [0.05, 0.1) is 19.1 Å². The van der Waals surface area contributed by atoms with Gasteiger partial charge in [0, 0.05) is 13.1 Å². The highest BCUT2D eigenvalue weighted by atomic mass is 16.5. The number of ketones is 1. The maximum atomic E-state index is 11.3. The number of methoxy groups -OCH3 is 1. The summed E-state index contributed by atoms with van der Waals surface area (Å²) in [5, 5.41) is 12.7. The Morgan fingerprint density at radius 1 is 1.39 bits per heavy atom. The summed E-state index contributed by atoms with van der Waals surface area (Å²) < 4.78 is 5.08. The number of nitrogens with one attached hydrogen (secondary N) is 1. The fourth-order valence-corrected chi connectivity index (χ4v) is 1.77. The molecule has 0 aromatic heterocycles. The molecule has 4 nitrogen and oxygen atoms in total. The van der Waals surface area contributed by atoms with E-state index in [1.54, 1.807) is 14.0 Å². The molecule has 1 aromatic carbocycles. The van der Waals surface area contributed by atoms with Crippen molar-refractivity contribution in [1.29, 1.82) is 0 Å². The number of rotatable bonds is 7. The van der Waals surface area contributed by atoms with Crippen LogP contribution in [0.15, 0.2) is 24.3 Å². The van der Waals surface area contributed by atoms with Crippen molar-refractivity contribution < 1.29 is 14.6 Å². The van der Waals surface area contributed by atoms with E-state index in [0.29, 0.717) is 13.1 Å². The monoisotopic (exact) mass is 251 g/mol. The van der Waals surface area contributed by atoms with Crippen LogP contribution in [0.4, 0.5) is 0 Å². The zero-order valence-electron chi connectivity index (χ0n) is 11.1. The van der Waals surface area contributed by atoms with E-state index in [0.717, 1.165) is 11.3 Å². The Morgan fingerprint density at radius 2 is 2.00 bits per heavy atom. The fourth-order valence-electron chi connectivity index (χ4n) is 1.77. The summed E-state index contributed by atoms with van der Waals surface area (Å²) in [7, 11) is 1.63. The van der Waals surface area contributed by atoms with Crippen LogP contribution in [0.5, 0.6) is 5.75 Å². The van der Waals surface area contributed by atoms with Crippen molar-refractivity contribution in [3.05, 3.63) is 29.8 Å². The summed E-state index contributed by atoms with van der Waals surface area (Å²) in [6.07, 6.45) is -0.620. The van der Waals surface area contributed by atoms with Crippen LogP contribution in [-0.4, -0.2) is 30.6 Å². The molecule has 1 aromatic rings. The molecule has 18 heavy (non-hydrogen) atoms. The van der Waals surface area contributed by atoms with Crippen molar-refractivity contribution >= 4 is 5.78 Å². The van der Waals surface area contributed by atoms with Crippen LogP contribution < -0.4 is 10.1 Å². The summed E-state index contributed by atoms with van der Waals surface area (Å²) in [6.45, 7) is 4.30. The van der Waals surface area contributed by atoms with Gasteiger partial charge < -0.3 is 15.2 Å². The zero-order chi connectivity index (χ0) is 13.5. The van der Waals surface area contributed by atoms with E-state index < -0.39 is 6.10 Å². The topological polar surface area (TPSA) is 58.6 Å². The molecule has 0 heterocycles. The van der Waals surface area contributed by atoms with Crippen LogP contribution in [0.1, 0.15) is 19.4 Å². The molecule has 0 fully saturated rings. The molecule has 0 saturated heterocycles. The standard InChI is InChI=1S/C14H21NO3/c1-10(16)14(11(2)17)9-15-8-12-4-6-13(18-3)7-5-12/h4-7,10,14-16H,8-9H2,1-3H3. The molecule has 100 valence electrons. The Bertz CT molecular complexity index is 373. The number of aliphatic hydroxyl groups excluding tert-OH is 1. The van der Waals surface area contributed by atoms with Gasteiger partial charge in [-0.15, -0.1) is 0 Å². The van der Waals surface area contributed by atoms with Gasteiger partial charge >= 0.3 is 0 Å². The van der Waals surface area contributed by atoms with Gasteiger partial charge in [-0.1, -0.05) is 12.1 Å². The van der Waals surface area contributed by atoms with Gasteiger partial charge in [-0.3, -0.25) is 4.79 Å². The van der Waals surface area contributed by atoms with E-state index in [9.17, 15) is 9.90 Å². The molecule has 2 atom stereocenters. The van der Waals surface area contributed by atoms with Crippen molar-refractivity contribution in [2.24, 2.45) is 5.92 Å². The highest BCUT2D eigenvalue weighted by Crippen LogP contribution is 2.11. The van der Waals surface area contributed by atoms with Crippen molar-refractivity contribution in [2.75, 3.05) is 13.7 Å². The van der Waals surface area contributed by atoms with Gasteiger partial charge in [-0.25, -0.2) is 0 Å². The molecule has 0 aliphatic carbocycles. The number of carbonyl (C=O) groups is 1. The number of hydrogen-bond acceptors (Lipinski definition) is 4. The third-order valence-corrected chi connectivity index (χ3v) is 2.96. The highest BCUT2D eigenvalue weighted by molar-refractivity contribution is 5.79. The number of benzene rings is 1. The van der Waals surface area contributed by atoms with E-state index in [2.05, 4.69) is 5.32 Å². The largest absolute Gasteiger partial charge is 0.497 e. The summed E-state index contributed by atoms with van der Waals surface area (Å²) in [6, 6.07) is 7.73. The minimum Gasteiger partial charge on any atom is -0.497 e. The quantitative estimate of drug-likeness (QED) is 0.768. The highest BCUT2D eigenvalue weighted by Gasteiger charge is 2.19. The number of aliphatic hydroxyl groups is 1. The maximum Gasteiger partial charge on any atom is 0.136 e. The zero-order valence-corrected chi connectivity index (χ0v) is 11.1. The minimum atomic E-state index is -0.620. The van der Waals surface area contributed by atoms with Crippen LogP contribution in [-0.2, 0) is 11.3 Å². The Labute approximate surface area is 108 Å². The fraction of sp³-hybridized carbons (Fsp3) is 0.500. The Balaban J connectivity index is 2.42. The maximum absolute atomic E-state index is 11.3. The molecule has 0 aliphatic heterocycles. The van der Waals surface area contributed by atoms with E-state index in [1.807, 2.05) is 24.3 Å². The van der Waals surface area contributed by atoms with Gasteiger partial charge in [0.2, 0.25) is 0 Å². The SMILES string of the molecule is COc1ccc(CNCC(C(C)=O)C(C)O)cc1. The first-order chi connectivity index (χ1) is 8.54. The lowest BCUT2D eigenvalue weighted by Gasteiger charge is -2.17. The van der Waals surface area contributed by atoms with Gasteiger partial charge in [-0.2, -0.15) is 0 Å². The molecule has 0 amide bonds. The smallest absolute Gasteiger partial charge is 0.136 e. The molecule has 0 saturated carbocycles. The average molecular weight is 251 g/mol. The van der Waals surface area contributed by atoms with Gasteiger partial charge in [-0.05, 0) is 31.5 Å². The minimum absolute atomic E-state index is 0.00670. The molecule has 0 aliphatic rings. The molecule has 4 heteroatoms. The van der Waals surface area contributed by atoms with Crippen molar-refractivity contribution in [3.63, 3.8) is 0 Å². The van der Waals surface area contributed by atoms with Gasteiger partial charge in [0.25, 0.3) is 0 Å². The van der Waals surface area contributed by atoms with E-state index in [4.69, 9.17) is 4.74 Å². The second-order valence-electron chi connectivity index (χ2n) is 4.44. The molecular weight excluding hydrogens is 230 g/mol. The van der Waals surface area contributed by atoms with Crippen LogP contribution >= 0.6 is 0 Å². The first kappa shape index (κ1) is 14.7. The van der Waals surface area contributed by atoms with Gasteiger partial charge in [0.1, 0.15) is 11.5 Å². The van der Waals surface area contributed by atoms with E-state index >= 15 is 0 Å².